The summed E-state index contributed by atoms with van der Waals surface area (Å²) in [6, 6.07) is 2.27. The molecular weight excluding hydrogens is 231 g/mol. The van der Waals surface area contributed by atoms with Gasteiger partial charge in [-0.3, -0.25) is 9.98 Å². The Balaban J connectivity index is 2.62. The maximum Gasteiger partial charge on any atom is 0.407 e. The number of pyridine rings is 1. The van der Waals surface area contributed by atoms with Crippen molar-refractivity contribution < 1.29 is 22.0 Å². The first-order valence-corrected chi connectivity index (χ1v) is 4.19. The smallest absolute Gasteiger partial charge is 0.283 e. The molecule has 7 heteroatoms. The van der Waals surface area contributed by atoms with Crippen LogP contribution in [0.1, 0.15) is 17.7 Å². The van der Waals surface area contributed by atoms with Crippen molar-refractivity contribution in [3.8, 4) is 0 Å². The van der Waals surface area contributed by atoms with Gasteiger partial charge >= 0.3 is 6.18 Å². The molecule has 0 aliphatic heterocycles. The van der Waals surface area contributed by atoms with Crippen molar-refractivity contribution in [2.75, 3.05) is 6.54 Å². The molecule has 16 heavy (non-hydrogen) atoms. The van der Waals surface area contributed by atoms with Crippen LogP contribution in [0.25, 0.3) is 0 Å². The van der Waals surface area contributed by atoms with Crippen molar-refractivity contribution in [2.24, 2.45) is 4.99 Å². The van der Waals surface area contributed by atoms with Crippen molar-refractivity contribution >= 4 is 6.21 Å². The Morgan fingerprint density at radius 3 is 2.44 bits per heavy atom. The normalized spacial score (nSPS) is 12.6. The second kappa shape index (κ2) is 5.00. The quantitative estimate of drug-likeness (QED) is 0.587. The van der Waals surface area contributed by atoms with Crippen LogP contribution in [0.15, 0.2) is 23.3 Å². The van der Waals surface area contributed by atoms with Crippen LogP contribution in [-0.2, 0) is 0 Å². The Morgan fingerprint density at radius 2 is 2.00 bits per heavy atom. The summed E-state index contributed by atoms with van der Waals surface area (Å²) in [7, 11) is 0. The third kappa shape index (κ3) is 4.33. The monoisotopic (exact) mass is 238 g/mol. The number of hydrogen-bond donors (Lipinski definition) is 0. The number of alkyl halides is 5. The predicted molar refractivity (Wildman–Crippen MR) is 47.7 cm³/mol. The van der Waals surface area contributed by atoms with Gasteiger partial charge in [0.25, 0.3) is 6.43 Å². The SMILES string of the molecule is FC(F)c1ccc(C=NCC(F)(F)F)cn1. The largest absolute Gasteiger partial charge is 0.407 e. The van der Waals surface area contributed by atoms with Crippen molar-refractivity contribution in [1.29, 1.82) is 0 Å². The van der Waals surface area contributed by atoms with Gasteiger partial charge in [0, 0.05) is 18.0 Å². The van der Waals surface area contributed by atoms with Crippen LogP contribution >= 0.6 is 0 Å². The molecule has 1 aromatic rings. The second-order valence-corrected chi connectivity index (χ2v) is 2.90. The lowest BCUT2D eigenvalue weighted by atomic mass is 10.2. The van der Waals surface area contributed by atoms with Gasteiger partial charge < -0.3 is 0 Å². The van der Waals surface area contributed by atoms with Crippen LogP contribution in [0.5, 0.6) is 0 Å². The van der Waals surface area contributed by atoms with E-state index in [4.69, 9.17) is 0 Å². The molecule has 0 unspecified atom stereocenters. The van der Waals surface area contributed by atoms with Gasteiger partial charge in [-0.15, -0.1) is 0 Å². The fraction of sp³-hybridized carbons (Fsp3) is 0.333. The molecule has 2 nitrogen and oxygen atoms in total. The topological polar surface area (TPSA) is 25.2 Å². The number of aromatic nitrogens is 1. The zero-order valence-corrected chi connectivity index (χ0v) is 7.88. The summed E-state index contributed by atoms with van der Waals surface area (Å²) in [5.74, 6) is 0. The number of hydrogen-bond acceptors (Lipinski definition) is 2. The van der Waals surface area contributed by atoms with Gasteiger partial charge in [-0.1, -0.05) is 0 Å². The molecule has 0 fully saturated rings. The molecule has 0 radical (unpaired) electrons. The molecule has 0 aliphatic rings. The first-order valence-electron chi connectivity index (χ1n) is 4.19. The molecule has 1 aromatic heterocycles. The molecule has 0 atom stereocenters. The van der Waals surface area contributed by atoms with Gasteiger partial charge in [0.2, 0.25) is 0 Å². The van der Waals surface area contributed by atoms with Gasteiger partial charge in [0.1, 0.15) is 12.2 Å². The molecule has 0 N–H and O–H groups in total. The van der Waals surface area contributed by atoms with Crippen LogP contribution in [-0.4, -0.2) is 23.9 Å². The first-order chi connectivity index (χ1) is 7.38. The highest BCUT2D eigenvalue weighted by molar-refractivity contribution is 5.78. The average Bonchev–Trinajstić information content (AvgIpc) is 2.16. The second-order valence-electron chi connectivity index (χ2n) is 2.90. The summed E-state index contributed by atoms with van der Waals surface area (Å²) in [6.07, 6.45) is -5.08. The van der Waals surface area contributed by atoms with Gasteiger partial charge in [-0.05, 0) is 12.1 Å². The molecule has 1 heterocycles. The maximum atomic E-state index is 12.1. The average molecular weight is 238 g/mol. The zero-order valence-electron chi connectivity index (χ0n) is 7.88. The molecule has 88 valence electrons. The molecule has 0 bridgehead atoms. The standard InChI is InChI=1S/C9H7F5N2/c10-8(11)7-2-1-6(4-16-7)3-15-5-9(12,13)14/h1-4,8H,5H2. The van der Waals surface area contributed by atoms with E-state index in [1.165, 1.54) is 6.07 Å². The molecule has 0 aromatic carbocycles. The summed E-state index contributed by atoms with van der Waals surface area (Å²) in [5.41, 5.74) is -0.179. The van der Waals surface area contributed by atoms with E-state index < -0.39 is 24.8 Å². The lowest BCUT2D eigenvalue weighted by molar-refractivity contribution is -0.118. The number of rotatable bonds is 3. The Morgan fingerprint density at radius 1 is 1.31 bits per heavy atom. The number of halogens is 5. The van der Waals surface area contributed by atoms with E-state index in [-0.39, 0.29) is 5.56 Å². The minimum atomic E-state index is -4.37. The van der Waals surface area contributed by atoms with Crippen LogP contribution in [0.2, 0.25) is 0 Å². The third-order valence-corrected chi connectivity index (χ3v) is 1.54. The third-order valence-electron chi connectivity index (χ3n) is 1.54. The molecule has 0 amide bonds. The maximum absolute atomic E-state index is 12.1. The highest BCUT2D eigenvalue weighted by atomic mass is 19.4. The molecule has 0 saturated carbocycles. The van der Waals surface area contributed by atoms with Gasteiger partial charge in [-0.25, -0.2) is 8.78 Å². The van der Waals surface area contributed by atoms with E-state index >= 15 is 0 Å². The lowest BCUT2D eigenvalue weighted by Gasteiger charge is -2.00. The highest BCUT2D eigenvalue weighted by Gasteiger charge is 2.25. The van der Waals surface area contributed by atoms with Gasteiger partial charge in [-0.2, -0.15) is 13.2 Å². The van der Waals surface area contributed by atoms with Gasteiger partial charge in [0.15, 0.2) is 0 Å². The minimum absolute atomic E-state index is 0.244. The van der Waals surface area contributed by atoms with E-state index in [1.54, 1.807) is 0 Å². The summed E-state index contributed by atoms with van der Waals surface area (Å²) >= 11 is 0. The van der Waals surface area contributed by atoms with Gasteiger partial charge in [0.05, 0.1) is 0 Å². The molecule has 0 spiro atoms. The van der Waals surface area contributed by atoms with Crippen molar-refractivity contribution in [2.45, 2.75) is 12.6 Å². The molecule has 0 saturated heterocycles. The van der Waals surface area contributed by atoms with E-state index in [2.05, 4.69) is 9.98 Å². The molecular formula is C9H7F5N2. The van der Waals surface area contributed by atoms with Crippen LogP contribution in [0.3, 0.4) is 0 Å². The number of nitrogens with zero attached hydrogens (tertiary/aromatic N) is 2. The fourth-order valence-electron chi connectivity index (χ4n) is 0.877. The minimum Gasteiger partial charge on any atom is -0.283 e. The fourth-order valence-corrected chi connectivity index (χ4v) is 0.877. The predicted octanol–water partition coefficient (Wildman–Crippen LogP) is 3.00. The van der Waals surface area contributed by atoms with E-state index in [1.807, 2.05) is 0 Å². The van der Waals surface area contributed by atoms with E-state index in [9.17, 15) is 22.0 Å². The van der Waals surface area contributed by atoms with Crippen LogP contribution in [0, 0.1) is 0 Å². The van der Waals surface area contributed by atoms with Crippen LogP contribution < -0.4 is 0 Å². The molecule has 1 rings (SSSR count). The summed E-state index contributed by atoms with van der Waals surface area (Å²) in [4.78, 5) is 6.48. The Bertz CT molecular complexity index is 355. The summed E-state index contributed by atoms with van der Waals surface area (Å²) in [6.45, 7) is -1.30. The van der Waals surface area contributed by atoms with Crippen molar-refractivity contribution in [3.63, 3.8) is 0 Å². The van der Waals surface area contributed by atoms with Crippen molar-refractivity contribution in [3.05, 3.63) is 29.6 Å². The summed E-state index contributed by atoms with van der Waals surface area (Å²) in [5, 5.41) is 0. The Labute approximate surface area is 87.8 Å². The number of aliphatic imine (C=N–C) groups is 1. The van der Waals surface area contributed by atoms with E-state index in [0.29, 0.717) is 0 Å². The zero-order chi connectivity index (χ0) is 12.2. The lowest BCUT2D eigenvalue weighted by Crippen LogP contribution is -2.11. The Kier molecular flexibility index (Phi) is 3.92. The van der Waals surface area contributed by atoms with E-state index in [0.717, 1.165) is 18.5 Å². The Hall–Kier alpha value is -1.53. The van der Waals surface area contributed by atoms with Crippen molar-refractivity contribution in [1.82, 2.24) is 4.98 Å². The highest BCUT2D eigenvalue weighted by Crippen LogP contribution is 2.16. The van der Waals surface area contributed by atoms with Crippen LogP contribution in [0.4, 0.5) is 22.0 Å². The first kappa shape index (κ1) is 12.5. The summed E-state index contributed by atoms with van der Waals surface area (Å²) < 4.78 is 59.2. The molecule has 0 aliphatic carbocycles.